The van der Waals surface area contributed by atoms with E-state index in [1.165, 1.54) is 0 Å². The summed E-state index contributed by atoms with van der Waals surface area (Å²) in [6.45, 7) is 2.04. The molecule has 0 saturated carbocycles. The summed E-state index contributed by atoms with van der Waals surface area (Å²) in [5.41, 5.74) is 6.74. The number of para-hydroxylation sites is 1. The normalized spacial score (nSPS) is 12.0. The van der Waals surface area contributed by atoms with Gasteiger partial charge in [0.25, 0.3) is 5.91 Å². The number of nitrogens with one attached hydrogen (secondary N) is 1. The van der Waals surface area contributed by atoms with Crippen LogP contribution in [0.1, 0.15) is 28.9 Å². The molecule has 4 nitrogen and oxygen atoms in total. The number of primary amides is 1. The van der Waals surface area contributed by atoms with Crippen LogP contribution in [-0.2, 0) is 0 Å². The van der Waals surface area contributed by atoms with E-state index in [-0.39, 0.29) is 6.04 Å². The molecule has 0 bridgehead atoms. The van der Waals surface area contributed by atoms with Crippen LogP contribution in [0.15, 0.2) is 46.9 Å². The summed E-state index contributed by atoms with van der Waals surface area (Å²) < 4.78 is 6.84. The smallest absolute Gasteiger partial charge is 0.252 e. The van der Waals surface area contributed by atoms with E-state index < -0.39 is 5.91 Å². The van der Waals surface area contributed by atoms with E-state index in [1.807, 2.05) is 32.2 Å². The minimum absolute atomic E-state index is 0.119. The number of hydrogen-bond acceptors (Lipinski definition) is 3. The van der Waals surface area contributed by atoms with Crippen molar-refractivity contribution in [3.8, 4) is 11.5 Å². The second kappa shape index (κ2) is 6.74. The van der Waals surface area contributed by atoms with E-state index in [2.05, 4.69) is 21.2 Å². The van der Waals surface area contributed by atoms with Crippen molar-refractivity contribution in [1.82, 2.24) is 5.32 Å². The standard InChI is InChI=1S/C16H17BrN2O2/c1-10(19-2)12-8-7-11(17)9-15(12)21-14-6-4-3-5-13(14)16(18)20/h3-10,19H,1-2H3,(H2,18,20). The second-order valence-corrected chi connectivity index (χ2v) is 5.57. The minimum atomic E-state index is -0.510. The lowest BCUT2D eigenvalue weighted by Gasteiger charge is -2.17. The fourth-order valence-electron chi connectivity index (χ4n) is 1.99. The molecule has 0 aliphatic rings. The summed E-state index contributed by atoms with van der Waals surface area (Å²) in [6.07, 6.45) is 0. The molecule has 1 atom stereocenters. The zero-order valence-electron chi connectivity index (χ0n) is 11.9. The number of amides is 1. The maximum atomic E-state index is 11.5. The van der Waals surface area contributed by atoms with E-state index in [0.717, 1.165) is 10.0 Å². The molecule has 0 aromatic heterocycles. The number of benzene rings is 2. The Labute approximate surface area is 132 Å². The van der Waals surface area contributed by atoms with Gasteiger partial charge in [-0.1, -0.05) is 34.1 Å². The van der Waals surface area contributed by atoms with Crippen molar-refractivity contribution in [2.75, 3.05) is 7.05 Å². The molecule has 2 aromatic rings. The summed E-state index contributed by atoms with van der Waals surface area (Å²) in [5.74, 6) is 0.622. The van der Waals surface area contributed by atoms with Crippen molar-refractivity contribution in [2.45, 2.75) is 13.0 Å². The van der Waals surface area contributed by atoms with Crippen molar-refractivity contribution in [3.05, 3.63) is 58.1 Å². The van der Waals surface area contributed by atoms with Gasteiger partial charge in [-0.2, -0.15) is 0 Å². The molecule has 0 spiro atoms. The fraction of sp³-hybridized carbons (Fsp3) is 0.188. The van der Waals surface area contributed by atoms with E-state index in [0.29, 0.717) is 17.1 Å². The Hall–Kier alpha value is -1.85. The van der Waals surface area contributed by atoms with Gasteiger partial charge in [0.05, 0.1) is 5.56 Å². The van der Waals surface area contributed by atoms with Crippen molar-refractivity contribution in [2.24, 2.45) is 5.73 Å². The second-order valence-electron chi connectivity index (χ2n) is 4.65. The monoisotopic (exact) mass is 348 g/mol. The number of nitrogens with two attached hydrogens (primary N) is 1. The number of hydrogen-bond donors (Lipinski definition) is 2. The van der Waals surface area contributed by atoms with E-state index in [1.54, 1.807) is 24.3 Å². The predicted octanol–water partition coefficient (Wildman–Crippen LogP) is 3.62. The van der Waals surface area contributed by atoms with Gasteiger partial charge in [0, 0.05) is 16.1 Å². The van der Waals surface area contributed by atoms with Crippen molar-refractivity contribution in [3.63, 3.8) is 0 Å². The third-order valence-electron chi connectivity index (χ3n) is 3.25. The molecule has 2 aromatic carbocycles. The third-order valence-corrected chi connectivity index (χ3v) is 3.74. The predicted molar refractivity (Wildman–Crippen MR) is 86.7 cm³/mol. The first kappa shape index (κ1) is 15.5. The van der Waals surface area contributed by atoms with Gasteiger partial charge in [0.1, 0.15) is 11.5 Å². The number of carbonyl (C=O) groups is 1. The highest BCUT2D eigenvalue weighted by atomic mass is 79.9. The van der Waals surface area contributed by atoms with Crippen LogP contribution in [0.25, 0.3) is 0 Å². The van der Waals surface area contributed by atoms with Crippen LogP contribution < -0.4 is 15.8 Å². The molecule has 2 rings (SSSR count). The first-order chi connectivity index (χ1) is 10.0. The number of halogens is 1. The highest BCUT2D eigenvalue weighted by molar-refractivity contribution is 9.10. The summed E-state index contributed by atoms with van der Waals surface area (Å²) in [6, 6.07) is 12.9. The molecular weight excluding hydrogens is 332 g/mol. The molecule has 1 unspecified atom stereocenters. The summed E-state index contributed by atoms with van der Waals surface area (Å²) in [5, 5.41) is 3.18. The Morgan fingerprint density at radius 3 is 2.62 bits per heavy atom. The molecule has 110 valence electrons. The lowest BCUT2D eigenvalue weighted by molar-refractivity contribution is 0.0998. The molecule has 21 heavy (non-hydrogen) atoms. The Kier molecular flexibility index (Phi) is 4.98. The van der Waals surface area contributed by atoms with Crippen LogP contribution >= 0.6 is 15.9 Å². The third kappa shape index (κ3) is 3.62. The lowest BCUT2D eigenvalue weighted by atomic mass is 10.1. The summed E-state index contributed by atoms with van der Waals surface area (Å²) in [4.78, 5) is 11.5. The molecule has 0 aliphatic carbocycles. The van der Waals surface area contributed by atoms with Crippen molar-refractivity contribution in [1.29, 1.82) is 0 Å². The minimum Gasteiger partial charge on any atom is -0.456 e. The van der Waals surface area contributed by atoms with Crippen LogP contribution in [0.4, 0.5) is 0 Å². The molecule has 0 fully saturated rings. The molecule has 3 N–H and O–H groups in total. The number of carbonyl (C=O) groups excluding carboxylic acids is 1. The molecule has 1 amide bonds. The van der Waals surface area contributed by atoms with E-state index >= 15 is 0 Å². The molecule has 0 heterocycles. The lowest BCUT2D eigenvalue weighted by Crippen LogP contribution is -2.14. The van der Waals surface area contributed by atoms with E-state index in [4.69, 9.17) is 10.5 Å². The topological polar surface area (TPSA) is 64.3 Å². The van der Waals surface area contributed by atoms with Crippen LogP contribution in [0.3, 0.4) is 0 Å². The largest absolute Gasteiger partial charge is 0.456 e. The zero-order chi connectivity index (χ0) is 15.4. The summed E-state index contributed by atoms with van der Waals surface area (Å²) >= 11 is 3.44. The number of ether oxygens (including phenoxy) is 1. The zero-order valence-corrected chi connectivity index (χ0v) is 13.5. The van der Waals surface area contributed by atoms with Crippen LogP contribution in [0.2, 0.25) is 0 Å². The Bertz CT molecular complexity index is 658. The van der Waals surface area contributed by atoms with Gasteiger partial charge < -0.3 is 15.8 Å². The first-order valence-electron chi connectivity index (χ1n) is 6.56. The average Bonchev–Trinajstić information content (AvgIpc) is 2.47. The average molecular weight is 349 g/mol. The number of rotatable bonds is 5. The van der Waals surface area contributed by atoms with Crippen LogP contribution in [-0.4, -0.2) is 13.0 Å². The molecule has 0 radical (unpaired) electrons. The molecule has 5 heteroatoms. The fourth-order valence-corrected chi connectivity index (χ4v) is 2.33. The van der Waals surface area contributed by atoms with Gasteiger partial charge in [-0.15, -0.1) is 0 Å². The first-order valence-corrected chi connectivity index (χ1v) is 7.35. The van der Waals surface area contributed by atoms with Crippen molar-refractivity contribution < 1.29 is 9.53 Å². The maximum absolute atomic E-state index is 11.5. The highest BCUT2D eigenvalue weighted by Crippen LogP contribution is 2.33. The van der Waals surface area contributed by atoms with Crippen LogP contribution in [0.5, 0.6) is 11.5 Å². The maximum Gasteiger partial charge on any atom is 0.252 e. The highest BCUT2D eigenvalue weighted by Gasteiger charge is 2.14. The van der Waals surface area contributed by atoms with Crippen molar-refractivity contribution >= 4 is 21.8 Å². The van der Waals surface area contributed by atoms with Gasteiger partial charge in [0.15, 0.2) is 0 Å². The molecule has 0 saturated heterocycles. The van der Waals surface area contributed by atoms with Gasteiger partial charge >= 0.3 is 0 Å². The molecule has 0 aliphatic heterocycles. The van der Waals surface area contributed by atoms with Gasteiger partial charge in [-0.25, -0.2) is 0 Å². The van der Waals surface area contributed by atoms with Gasteiger partial charge in [0.2, 0.25) is 0 Å². The Morgan fingerprint density at radius 2 is 1.95 bits per heavy atom. The van der Waals surface area contributed by atoms with E-state index in [9.17, 15) is 4.79 Å². The Morgan fingerprint density at radius 1 is 1.24 bits per heavy atom. The van der Waals surface area contributed by atoms with Gasteiger partial charge in [-0.05, 0) is 38.2 Å². The Balaban J connectivity index is 2.44. The van der Waals surface area contributed by atoms with Crippen LogP contribution in [0, 0.1) is 0 Å². The van der Waals surface area contributed by atoms with Gasteiger partial charge in [-0.3, -0.25) is 4.79 Å². The quantitative estimate of drug-likeness (QED) is 0.867. The molecular formula is C16H17BrN2O2. The summed E-state index contributed by atoms with van der Waals surface area (Å²) in [7, 11) is 1.88. The SMILES string of the molecule is CNC(C)c1ccc(Br)cc1Oc1ccccc1C(N)=O.